The van der Waals surface area contributed by atoms with E-state index in [4.69, 9.17) is 9.40 Å². The molecule has 4 nitrogen and oxygen atoms in total. The zero-order valence-corrected chi connectivity index (χ0v) is 21.6. The number of hydrogen-bond donors (Lipinski definition) is 0. The van der Waals surface area contributed by atoms with Crippen LogP contribution in [0.2, 0.25) is 0 Å². The number of pyridine rings is 2. The van der Waals surface area contributed by atoms with E-state index < -0.39 is 0 Å². The van der Waals surface area contributed by atoms with Crippen molar-refractivity contribution in [1.29, 1.82) is 0 Å². The number of benzene rings is 2. The minimum absolute atomic E-state index is 0. The number of rotatable bonds is 1. The molecular formula is C29H22IrN3O-. The molecule has 0 saturated heterocycles. The molecule has 0 atom stereocenters. The van der Waals surface area contributed by atoms with Crippen LogP contribution in [0.25, 0.3) is 60.6 Å². The summed E-state index contributed by atoms with van der Waals surface area (Å²) in [6.45, 7) is 10.7. The molecule has 7 rings (SSSR count). The summed E-state index contributed by atoms with van der Waals surface area (Å²) in [5.41, 5.74) is 11.3. The fourth-order valence-electron chi connectivity index (χ4n) is 5.40. The van der Waals surface area contributed by atoms with Crippen molar-refractivity contribution in [2.24, 2.45) is 0 Å². The van der Waals surface area contributed by atoms with Gasteiger partial charge in [-0.1, -0.05) is 29.8 Å². The molecule has 5 aromatic heterocycles. The third-order valence-electron chi connectivity index (χ3n) is 7.05. The normalized spacial score (nSPS) is 12.0. The number of para-hydroxylation sites is 1. The van der Waals surface area contributed by atoms with Gasteiger partial charge < -0.3 is 13.4 Å². The number of hydrogen-bond acceptors (Lipinski definition) is 2. The first-order valence-corrected chi connectivity index (χ1v) is 11.1. The maximum Gasteiger partial charge on any atom is 0.229 e. The summed E-state index contributed by atoms with van der Waals surface area (Å²) < 4.78 is 10.8. The third kappa shape index (κ3) is 2.51. The average molecular weight is 621 g/mol. The summed E-state index contributed by atoms with van der Waals surface area (Å²) in [4.78, 5) is 4.70. The summed E-state index contributed by atoms with van der Waals surface area (Å²) in [6, 6.07) is 17.1. The first-order chi connectivity index (χ1) is 15.9. The predicted octanol–water partition coefficient (Wildman–Crippen LogP) is 6.68. The van der Waals surface area contributed by atoms with Crippen molar-refractivity contribution in [1.82, 2.24) is 9.38 Å². The van der Waals surface area contributed by atoms with E-state index in [9.17, 15) is 0 Å². The monoisotopic (exact) mass is 621 g/mol. The molecule has 34 heavy (non-hydrogen) atoms. The summed E-state index contributed by atoms with van der Waals surface area (Å²) in [6.07, 6.45) is 2.08. The van der Waals surface area contributed by atoms with Gasteiger partial charge in [0.2, 0.25) is 5.71 Å². The molecule has 0 spiro atoms. The Kier molecular flexibility index (Phi) is 4.32. The minimum Gasteiger partial charge on any atom is -0.436 e. The van der Waals surface area contributed by atoms with Crippen LogP contribution < -0.4 is 4.57 Å². The van der Waals surface area contributed by atoms with E-state index in [2.05, 4.69) is 80.9 Å². The van der Waals surface area contributed by atoms with Gasteiger partial charge in [0.25, 0.3) is 0 Å². The molecule has 0 aliphatic carbocycles. The quantitative estimate of drug-likeness (QED) is 0.152. The molecule has 0 fully saturated rings. The standard InChI is InChI=1S/C29H22N3O.Ir/c1-15-13-23(31(5)14-17(15)3)24-16(2)12-21-19-8-6-7-9-22(19)32-26(21)25(24)28-27(32)20-11-10-18(4)30-29(20)33-28;/h6-14H,2,5H2,1,3-4H3;/q-1;. The van der Waals surface area contributed by atoms with Gasteiger partial charge in [0.1, 0.15) is 5.52 Å². The molecule has 7 aromatic rings. The van der Waals surface area contributed by atoms with Crippen molar-refractivity contribution in [3.63, 3.8) is 0 Å². The van der Waals surface area contributed by atoms with Crippen LogP contribution in [-0.4, -0.2) is 9.38 Å². The van der Waals surface area contributed by atoms with Crippen LogP contribution in [0.15, 0.2) is 59.1 Å². The Morgan fingerprint density at radius 1 is 0.912 bits per heavy atom. The van der Waals surface area contributed by atoms with Gasteiger partial charge >= 0.3 is 0 Å². The van der Waals surface area contributed by atoms with Gasteiger partial charge in [-0.2, -0.15) is 18.6 Å². The molecule has 0 N–H and O–H groups in total. The summed E-state index contributed by atoms with van der Waals surface area (Å²) >= 11 is 0. The second kappa shape index (κ2) is 6.99. The molecule has 169 valence electrons. The molecular weight excluding hydrogens is 599 g/mol. The van der Waals surface area contributed by atoms with Crippen molar-refractivity contribution in [3.05, 3.63) is 91.1 Å². The number of nitrogens with zero attached hydrogens (tertiary/aromatic N) is 3. The number of furan rings is 1. The van der Waals surface area contributed by atoms with Crippen LogP contribution in [0.4, 0.5) is 0 Å². The number of fused-ring (bicyclic) bond motifs is 8. The molecule has 5 heterocycles. The Hall–Kier alpha value is -3.53. The van der Waals surface area contributed by atoms with Gasteiger partial charge in [-0.05, 0) is 60.7 Å². The summed E-state index contributed by atoms with van der Waals surface area (Å²) in [5, 5.41) is 4.50. The van der Waals surface area contributed by atoms with Gasteiger partial charge in [0.05, 0.1) is 22.8 Å². The van der Waals surface area contributed by atoms with Gasteiger partial charge in [0.15, 0.2) is 5.58 Å². The number of aromatic nitrogens is 3. The molecule has 1 radical (unpaired) electrons. The van der Waals surface area contributed by atoms with E-state index in [1.54, 1.807) is 0 Å². The molecule has 0 aliphatic heterocycles. The Bertz CT molecular complexity index is 1930. The van der Waals surface area contributed by atoms with Gasteiger partial charge in [0, 0.05) is 38.4 Å². The first kappa shape index (κ1) is 21.0. The SMILES string of the molecule is [CH2-]c1cc2c3ccccc3n3c4c5ccc(C)nc5oc4c(c1-c1cc(C)c(C)c[n+]1[CH2-])c23.[Ir]. The van der Waals surface area contributed by atoms with Gasteiger partial charge in [-0.15, -0.1) is 5.56 Å². The van der Waals surface area contributed by atoms with Crippen LogP contribution in [0.5, 0.6) is 0 Å². The Labute approximate surface area is 210 Å². The number of aryl methyl sites for hydroxylation is 3. The van der Waals surface area contributed by atoms with Crippen LogP contribution in [-0.2, 0) is 20.1 Å². The molecule has 0 unspecified atom stereocenters. The zero-order valence-electron chi connectivity index (χ0n) is 19.2. The second-order valence-electron chi connectivity index (χ2n) is 9.11. The fraction of sp³-hybridized carbons (Fsp3) is 0.103. The van der Waals surface area contributed by atoms with Crippen molar-refractivity contribution >= 4 is 49.4 Å². The van der Waals surface area contributed by atoms with Crippen molar-refractivity contribution in [2.45, 2.75) is 20.8 Å². The molecule has 0 aliphatic rings. The second-order valence-corrected chi connectivity index (χ2v) is 9.11. The predicted molar refractivity (Wildman–Crippen MR) is 134 cm³/mol. The van der Waals surface area contributed by atoms with Crippen LogP contribution in [0.3, 0.4) is 0 Å². The van der Waals surface area contributed by atoms with Crippen LogP contribution in [0.1, 0.15) is 22.4 Å². The van der Waals surface area contributed by atoms with Crippen molar-refractivity contribution in [2.75, 3.05) is 0 Å². The van der Waals surface area contributed by atoms with E-state index >= 15 is 0 Å². The largest absolute Gasteiger partial charge is 0.436 e. The van der Waals surface area contributed by atoms with E-state index in [1.165, 1.54) is 21.9 Å². The topological polar surface area (TPSA) is 34.3 Å². The van der Waals surface area contributed by atoms with Crippen molar-refractivity contribution < 1.29 is 29.1 Å². The van der Waals surface area contributed by atoms with Crippen LogP contribution >= 0.6 is 0 Å². The van der Waals surface area contributed by atoms with E-state index in [0.29, 0.717) is 5.71 Å². The molecule has 0 bridgehead atoms. The van der Waals surface area contributed by atoms with Gasteiger partial charge in [-0.25, -0.2) is 4.98 Å². The fourth-order valence-corrected chi connectivity index (χ4v) is 5.40. The maximum absolute atomic E-state index is 6.49. The Morgan fingerprint density at radius 2 is 1.71 bits per heavy atom. The summed E-state index contributed by atoms with van der Waals surface area (Å²) in [5.74, 6) is 0. The Morgan fingerprint density at radius 3 is 2.53 bits per heavy atom. The summed E-state index contributed by atoms with van der Waals surface area (Å²) in [7, 11) is 4.30. The van der Waals surface area contributed by atoms with Gasteiger partial charge in [-0.3, -0.25) is 0 Å². The van der Waals surface area contributed by atoms with E-state index in [1.807, 2.05) is 17.6 Å². The Balaban J connectivity index is 0.00000217. The molecule has 0 saturated carbocycles. The van der Waals surface area contributed by atoms with E-state index in [0.717, 1.165) is 55.4 Å². The molecule has 2 aromatic carbocycles. The molecule has 5 heteroatoms. The van der Waals surface area contributed by atoms with E-state index in [-0.39, 0.29) is 20.1 Å². The van der Waals surface area contributed by atoms with Crippen LogP contribution in [0, 0.1) is 34.7 Å². The average Bonchev–Trinajstić information content (AvgIpc) is 3.40. The van der Waals surface area contributed by atoms with Crippen molar-refractivity contribution in [3.8, 4) is 11.3 Å². The minimum atomic E-state index is 0. The zero-order chi connectivity index (χ0) is 22.6. The maximum atomic E-state index is 6.49. The smallest absolute Gasteiger partial charge is 0.229 e. The first-order valence-electron chi connectivity index (χ1n) is 11.1. The third-order valence-corrected chi connectivity index (χ3v) is 7.05. The molecule has 0 amide bonds.